The minimum Gasteiger partial charge on any atom is -0.492 e. The number of hydrogen-bond acceptors (Lipinski definition) is 5. The molecule has 1 unspecified atom stereocenters. The van der Waals surface area contributed by atoms with Crippen LogP contribution in [0.25, 0.3) is 16.8 Å². The first-order valence-corrected chi connectivity index (χ1v) is 13.8. The summed E-state index contributed by atoms with van der Waals surface area (Å²) in [6.07, 6.45) is 4.82. The Hall–Kier alpha value is -3.37. The number of nitrogens with two attached hydrogens (primary N) is 1. The van der Waals surface area contributed by atoms with Crippen LogP contribution in [0, 0.1) is 23.1 Å². The molecule has 2 aromatic rings. The third-order valence-electron chi connectivity index (χ3n) is 7.77. The molecule has 5 nitrogen and oxygen atoms in total. The van der Waals surface area contributed by atoms with E-state index < -0.39 is 5.67 Å². The zero-order valence-electron chi connectivity index (χ0n) is 23.2. The Morgan fingerprint density at radius 2 is 1.77 bits per heavy atom. The van der Waals surface area contributed by atoms with Gasteiger partial charge in [-0.2, -0.15) is 5.26 Å². The summed E-state index contributed by atoms with van der Waals surface area (Å²) in [7, 11) is 0. The molecule has 0 spiro atoms. The quantitative estimate of drug-likeness (QED) is 0.398. The molecule has 0 aromatic heterocycles. The smallest absolute Gasteiger partial charge is 0.137 e. The summed E-state index contributed by atoms with van der Waals surface area (Å²) < 4.78 is 35.3. The van der Waals surface area contributed by atoms with E-state index in [1.165, 1.54) is 6.07 Å². The van der Waals surface area contributed by atoms with Crippen molar-refractivity contribution in [3.8, 4) is 22.9 Å². The van der Waals surface area contributed by atoms with Crippen molar-refractivity contribution < 1.29 is 13.5 Å². The summed E-state index contributed by atoms with van der Waals surface area (Å²) in [5.41, 5.74) is 8.27. The molecule has 7 heteroatoms. The van der Waals surface area contributed by atoms with E-state index in [1.54, 1.807) is 32.0 Å². The van der Waals surface area contributed by atoms with E-state index in [4.69, 9.17) is 10.5 Å². The van der Waals surface area contributed by atoms with Crippen molar-refractivity contribution in [2.45, 2.75) is 57.7 Å². The lowest BCUT2D eigenvalue weighted by Gasteiger charge is -2.39. The number of rotatable bonds is 9. The van der Waals surface area contributed by atoms with Gasteiger partial charge in [-0.25, -0.2) is 8.78 Å². The van der Waals surface area contributed by atoms with Crippen LogP contribution >= 0.6 is 0 Å². The number of hydrogen-bond donors (Lipinski definition) is 1. The molecule has 0 saturated carbocycles. The van der Waals surface area contributed by atoms with Crippen LogP contribution < -0.4 is 10.5 Å². The Bertz CT molecular complexity index is 1240. The fourth-order valence-electron chi connectivity index (χ4n) is 5.70. The van der Waals surface area contributed by atoms with Crippen molar-refractivity contribution in [2.75, 3.05) is 32.8 Å². The Labute approximate surface area is 231 Å². The van der Waals surface area contributed by atoms with Gasteiger partial charge in [-0.3, -0.25) is 0 Å². The molecule has 1 atom stereocenters. The van der Waals surface area contributed by atoms with E-state index in [-0.39, 0.29) is 11.9 Å². The monoisotopic (exact) mass is 534 g/mol. The fraction of sp³-hybridized carbons (Fsp3) is 0.469. The second-order valence-electron chi connectivity index (χ2n) is 11.5. The molecule has 208 valence electrons. The predicted octanol–water partition coefficient (Wildman–Crippen LogP) is 6.50. The number of piperidine rings is 2. The summed E-state index contributed by atoms with van der Waals surface area (Å²) in [5.74, 6) is 0.517. The topological polar surface area (TPSA) is 65.5 Å². The highest BCUT2D eigenvalue weighted by atomic mass is 19.1. The van der Waals surface area contributed by atoms with Gasteiger partial charge in [0.05, 0.1) is 18.2 Å². The number of likely N-dealkylation sites (tertiary alicyclic amines) is 2. The van der Waals surface area contributed by atoms with E-state index in [0.29, 0.717) is 52.9 Å². The standard InChI is InChI=1S/C32H40F2N4O/c1-22(36)30-7-5-6-14-38(30)23(2)28-10-8-26(18-29(28)33)25-9-11-31(27(17-25)19-35)39-20-24-12-15-37(16-13-24)21-32(3,4)34/h8-11,17-18,24,30H,1-2,5-7,12-16,20-21,36H2,3-4H3. The second kappa shape index (κ2) is 12.2. The highest BCUT2D eigenvalue weighted by molar-refractivity contribution is 5.71. The molecular weight excluding hydrogens is 494 g/mol. The SMILES string of the molecule is C=C(N)C1CCCCN1C(=C)c1ccc(-c2ccc(OCC3CCN(CC(C)(C)F)CC3)c(C#N)c2)cc1F. The molecule has 4 rings (SSSR count). The third-order valence-corrected chi connectivity index (χ3v) is 7.77. The molecule has 2 N–H and O–H groups in total. The first-order valence-electron chi connectivity index (χ1n) is 13.8. The zero-order chi connectivity index (χ0) is 28.2. The van der Waals surface area contributed by atoms with Crippen molar-refractivity contribution in [3.63, 3.8) is 0 Å². The molecule has 0 amide bonds. The van der Waals surface area contributed by atoms with Crippen molar-refractivity contribution in [1.29, 1.82) is 5.26 Å². The minimum atomic E-state index is -1.19. The van der Waals surface area contributed by atoms with Crippen LogP contribution in [0.1, 0.15) is 57.1 Å². The molecule has 39 heavy (non-hydrogen) atoms. The maximum atomic E-state index is 15.3. The van der Waals surface area contributed by atoms with E-state index in [0.717, 1.165) is 57.3 Å². The first kappa shape index (κ1) is 28.6. The summed E-state index contributed by atoms with van der Waals surface area (Å²) in [6, 6.07) is 12.6. The molecule has 2 fully saturated rings. The normalized spacial score (nSPS) is 18.9. The molecule has 0 bridgehead atoms. The van der Waals surface area contributed by atoms with Crippen molar-refractivity contribution >= 4 is 5.70 Å². The van der Waals surface area contributed by atoms with Gasteiger partial charge in [-0.1, -0.05) is 25.3 Å². The lowest BCUT2D eigenvalue weighted by molar-refractivity contribution is 0.0836. The lowest BCUT2D eigenvalue weighted by Crippen LogP contribution is -2.41. The molecular formula is C32H40F2N4O. The maximum Gasteiger partial charge on any atom is 0.137 e. The van der Waals surface area contributed by atoms with Gasteiger partial charge < -0.3 is 20.3 Å². The van der Waals surface area contributed by atoms with Gasteiger partial charge in [0.1, 0.15) is 23.3 Å². The zero-order valence-corrected chi connectivity index (χ0v) is 23.2. The Morgan fingerprint density at radius 1 is 1.08 bits per heavy atom. The molecule has 2 saturated heterocycles. The Morgan fingerprint density at radius 3 is 2.41 bits per heavy atom. The van der Waals surface area contributed by atoms with Crippen LogP contribution in [0.2, 0.25) is 0 Å². The molecule has 2 aliphatic rings. The van der Waals surface area contributed by atoms with Crippen LogP contribution in [0.3, 0.4) is 0 Å². The number of nitriles is 1. The van der Waals surface area contributed by atoms with Gasteiger partial charge in [-0.15, -0.1) is 0 Å². The van der Waals surface area contributed by atoms with Crippen molar-refractivity contribution in [2.24, 2.45) is 11.7 Å². The predicted molar refractivity (Wildman–Crippen MR) is 153 cm³/mol. The van der Waals surface area contributed by atoms with Crippen LogP contribution in [-0.4, -0.2) is 54.3 Å². The largest absolute Gasteiger partial charge is 0.492 e. The molecule has 2 aliphatic heterocycles. The van der Waals surface area contributed by atoms with E-state index in [1.807, 2.05) is 12.1 Å². The average molecular weight is 535 g/mol. The molecule has 2 heterocycles. The number of alkyl halides is 1. The van der Waals surface area contributed by atoms with Crippen molar-refractivity contribution in [1.82, 2.24) is 9.80 Å². The van der Waals surface area contributed by atoms with Gasteiger partial charge in [0, 0.05) is 30.0 Å². The number of nitrogens with zero attached hydrogens (tertiary/aromatic N) is 3. The second-order valence-corrected chi connectivity index (χ2v) is 11.5. The van der Waals surface area contributed by atoms with Gasteiger partial charge in [0.2, 0.25) is 0 Å². The van der Waals surface area contributed by atoms with Crippen LogP contribution in [0.4, 0.5) is 8.78 Å². The fourth-order valence-corrected chi connectivity index (χ4v) is 5.70. The highest BCUT2D eigenvalue weighted by Gasteiger charge is 2.27. The van der Waals surface area contributed by atoms with E-state index >= 15 is 4.39 Å². The van der Waals surface area contributed by atoms with Crippen molar-refractivity contribution in [3.05, 3.63) is 72.2 Å². The Kier molecular flexibility index (Phi) is 8.97. The molecule has 0 aliphatic carbocycles. The summed E-state index contributed by atoms with van der Waals surface area (Å²) in [6.45, 7) is 14.7. The minimum absolute atomic E-state index is 0.0362. The number of benzene rings is 2. The average Bonchev–Trinajstić information content (AvgIpc) is 2.91. The van der Waals surface area contributed by atoms with E-state index in [2.05, 4.69) is 29.0 Å². The summed E-state index contributed by atoms with van der Waals surface area (Å²) >= 11 is 0. The van der Waals surface area contributed by atoms with Gasteiger partial charge in [0.25, 0.3) is 0 Å². The number of halogens is 2. The number of ether oxygens (including phenoxy) is 1. The maximum absolute atomic E-state index is 15.3. The summed E-state index contributed by atoms with van der Waals surface area (Å²) in [5, 5.41) is 9.77. The summed E-state index contributed by atoms with van der Waals surface area (Å²) in [4.78, 5) is 4.21. The highest BCUT2D eigenvalue weighted by Crippen LogP contribution is 2.33. The third kappa shape index (κ3) is 7.19. The lowest BCUT2D eigenvalue weighted by atomic mass is 9.96. The molecule has 0 radical (unpaired) electrons. The van der Waals surface area contributed by atoms with Crippen LogP contribution in [0.15, 0.2) is 55.3 Å². The van der Waals surface area contributed by atoms with Gasteiger partial charge >= 0.3 is 0 Å². The first-order chi connectivity index (χ1) is 18.6. The van der Waals surface area contributed by atoms with E-state index in [9.17, 15) is 9.65 Å². The van der Waals surface area contributed by atoms with Crippen LogP contribution in [-0.2, 0) is 0 Å². The van der Waals surface area contributed by atoms with Crippen LogP contribution in [0.5, 0.6) is 5.75 Å². The van der Waals surface area contributed by atoms with Gasteiger partial charge in [-0.05, 0) is 100 Å². The Balaban J connectivity index is 1.41. The van der Waals surface area contributed by atoms with Gasteiger partial charge in [0.15, 0.2) is 0 Å². The molecule has 2 aromatic carbocycles.